The molecule has 96 valence electrons. The molecule has 0 aliphatic heterocycles. The zero-order valence-electron chi connectivity index (χ0n) is 10.8. The summed E-state index contributed by atoms with van der Waals surface area (Å²) < 4.78 is 0. The van der Waals surface area contributed by atoms with Crippen molar-refractivity contribution < 1.29 is 0 Å². The van der Waals surface area contributed by atoms with Crippen molar-refractivity contribution in [1.29, 1.82) is 0 Å². The number of nitrogens with two attached hydrogens (primary N) is 1. The monoisotopic (exact) mass is 270 g/mol. The molecule has 19 heavy (non-hydrogen) atoms. The average Bonchev–Trinajstić information content (AvgIpc) is 3.03. The predicted octanol–water partition coefficient (Wildman–Crippen LogP) is 3.40. The second-order valence-corrected chi connectivity index (χ2v) is 5.44. The normalized spacial score (nSPS) is 10.8. The number of nitrogens with one attached hydrogen (secondary N) is 1. The Labute approximate surface area is 115 Å². The largest absolute Gasteiger partial charge is 0.399 e. The van der Waals surface area contributed by atoms with Gasteiger partial charge in [0.1, 0.15) is 0 Å². The lowest BCUT2D eigenvalue weighted by atomic mass is 10.0. The summed E-state index contributed by atoms with van der Waals surface area (Å²) in [6, 6.07) is 7.90. The van der Waals surface area contributed by atoms with Crippen LogP contribution in [0.4, 0.5) is 5.69 Å². The van der Waals surface area contributed by atoms with Crippen molar-refractivity contribution in [2.24, 2.45) is 0 Å². The lowest BCUT2D eigenvalue weighted by Crippen LogP contribution is -1.93. The molecular formula is C14H14N4S. The fourth-order valence-corrected chi connectivity index (χ4v) is 2.69. The van der Waals surface area contributed by atoms with Gasteiger partial charge in [0.15, 0.2) is 11.6 Å². The van der Waals surface area contributed by atoms with Crippen LogP contribution >= 0.6 is 11.3 Å². The molecule has 0 unspecified atom stereocenters. The van der Waals surface area contributed by atoms with Crippen molar-refractivity contribution in [3.05, 3.63) is 40.8 Å². The van der Waals surface area contributed by atoms with Crippen molar-refractivity contribution >= 4 is 17.0 Å². The number of aromatic amines is 1. The standard InChI is InChI=1S/C14H14N4S/c1-8-6-10(15)7-11(9(8)2)13-16-14(18-17-13)12-4-3-5-19-12/h3-7H,15H2,1-2H3,(H,16,17,18). The number of nitrogens with zero attached hydrogens (tertiary/aromatic N) is 2. The van der Waals surface area contributed by atoms with E-state index in [0.717, 1.165) is 33.1 Å². The molecule has 5 heteroatoms. The fraction of sp³-hybridized carbons (Fsp3) is 0.143. The van der Waals surface area contributed by atoms with Gasteiger partial charge in [0.05, 0.1) is 4.88 Å². The quantitative estimate of drug-likeness (QED) is 0.701. The van der Waals surface area contributed by atoms with Crippen LogP contribution in [-0.4, -0.2) is 15.2 Å². The van der Waals surface area contributed by atoms with Crippen LogP contribution < -0.4 is 5.73 Å². The number of benzene rings is 1. The molecule has 0 saturated heterocycles. The van der Waals surface area contributed by atoms with E-state index in [-0.39, 0.29) is 0 Å². The van der Waals surface area contributed by atoms with Gasteiger partial charge in [0.25, 0.3) is 0 Å². The van der Waals surface area contributed by atoms with Gasteiger partial charge in [-0.05, 0) is 48.6 Å². The number of thiophene rings is 1. The Hall–Kier alpha value is -2.14. The summed E-state index contributed by atoms with van der Waals surface area (Å²) in [5.41, 5.74) is 9.93. The van der Waals surface area contributed by atoms with Crippen molar-refractivity contribution in [3.63, 3.8) is 0 Å². The van der Waals surface area contributed by atoms with E-state index in [1.807, 2.05) is 36.6 Å². The predicted molar refractivity (Wildman–Crippen MR) is 79.0 cm³/mol. The summed E-state index contributed by atoms with van der Waals surface area (Å²) in [6.45, 7) is 4.10. The number of rotatable bonds is 2. The summed E-state index contributed by atoms with van der Waals surface area (Å²) >= 11 is 1.64. The number of aryl methyl sites for hydroxylation is 1. The molecule has 1 aromatic carbocycles. The van der Waals surface area contributed by atoms with Crippen molar-refractivity contribution in [1.82, 2.24) is 15.2 Å². The molecule has 0 radical (unpaired) electrons. The Morgan fingerprint density at radius 1 is 1.26 bits per heavy atom. The molecule has 4 nitrogen and oxygen atoms in total. The molecule has 0 fully saturated rings. The minimum atomic E-state index is 0.691. The van der Waals surface area contributed by atoms with Gasteiger partial charge in [-0.2, -0.15) is 5.10 Å². The molecule has 2 aromatic heterocycles. The van der Waals surface area contributed by atoms with E-state index in [1.54, 1.807) is 11.3 Å². The lowest BCUT2D eigenvalue weighted by molar-refractivity contribution is 1.10. The molecule has 0 spiro atoms. The van der Waals surface area contributed by atoms with Crippen molar-refractivity contribution in [2.45, 2.75) is 13.8 Å². The first kappa shape index (κ1) is 11.9. The summed E-state index contributed by atoms with van der Waals surface area (Å²) in [7, 11) is 0. The Morgan fingerprint density at radius 3 is 2.84 bits per heavy atom. The first-order valence-corrected chi connectivity index (χ1v) is 6.86. The van der Waals surface area contributed by atoms with Crippen LogP contribution in [-0.2, 0) is 0 Å². The minimum Gasteiger partial charge on any atom is -0.399 e. The Morgan fingerprint density at radius 2 is 2.11 bits per heavy atom. The van der Waals surface area contributed by atoms with Crippen molar-refractivity contribution in [2.75, 3.05) is 5.73 Å². The van der Waals surface area contributed by atoms with Gasteiger partial charge >= 0.3 is 0 Å². The van der Waals surface area contributed by atoms with Gasteiger partial charge in [-0.25, -0.2) is 4.98 Å². The number of hydrogen-bond donors (Lipinski definition) is 2. The van der Waals surface area contributed by atoms with Gasteiger partial charge in [-0.1, -0.05) is 6.07 Å². The number of nitrogen functional groups attached to an aromatic ring is 1. The third kappa shape index (κ3) is 2.13. The molecule has 0 bridgehead atoms. The molecule has 3 aromatic rings. The summed E-state index contributed by atoms with van der Waals surface area (Å²) in [6.07, 6.45) is 0. The van der Waals surface area contributed by atoms with Gasteiger partial charge in [-0.3, -0.25) is 5.10 Å². The van der Waals surface area contributed by atoms with E-state index in [4.69, 9.17) is 5.73 Å². The highest BCUT2D eigenvalue weighted by atomic mass is 32.1. The number of H-pyrrole nitrogens is 1. The number of hydrogen-bond acceptors (Lipinski definition) is 4. The van der Waals surface area contributed by atoms with Gasteiger partial charge in [-0.15, -0.1) is 11.3 Å². The van der Waals surface area contributed by atoms with E-state index < -0.39 is 0 Å². The number of aromatic nitrogens is 3. The lowest BCUT2D eigenvalue weighted by Gasteiger charge is -2.06. The SMILES string of the molecule is Cc1cc(N)cc(-c2n[nH]c(-c3cccs3)n2)c1C. The van der Waals surface area contributed by atoms with Crippen LogP contribution in [0.1, 0.15) is 11.1 Å². The minimum absolute atomic E-state index is 0.691. The fourth-order valence-electron chi connectivity index (χ4n) is 2.03. The third-order valence-electron chi connectivity index (χ3n) is 3.17. The highest BCUT2D eigenvalue weighted by Crippen LogP contribution is 2.28. The second-order valence-electron chi connectivity index (χ2n) is 4.50. The molecule has 0 aliphatic carbocycles. The van der Waals surface area contributed by atoms with Gasteiger partial charge in [0.2, 0.25) is 0 Å². The average molecular weight is 270 g/mol. The van der Waals surface area contributed by atoms with E-state index in [9.17, 15) is 0 Å². The Kier molecular flexibility index (Phi) is 2.83. The second kappa shape index (κ2) is 4.51. The van der Waals surface area contributed by atoms with Crippen LogP contribution in [0.25, 0.3) is 22.1 Å². The summed E-state index contributed by atoms with van der Waals surface area (Å²) in [4.78, 5) is 5.63. The molecule has 0 aliphatic rings. The zero-order valence-corrected chi connectivity index (χ0v) is 11.6. The maximum absolute atomic E-state index is 5.90. The van der Waals surface area contributed by atoms with E-state index in [0.29, 0.717) is 5.82 Å². The molecule has 3 N–H and O–H groups in total. The summed E-state index contributed by atoms with van der Waals surface area (Å²) in [5, 5.41) is 9.30. The third-order valence-corrected chi connectivity index (χ3v) is 4.05. The van der Waals surface area contributed by atoms with Crippen LogP contribution in [0.3, 0.4) is 0 Å². The van der Waals surface area contributed by atoms with Gasteiger partial charge in [0, 0.05) is 11.3 Å². The van der Waals surface area contributed by atoms with E-state index in [2.05, 4.69) is 22.1 Å². The zero-order chi connectivity index (χ0) is 13.4. The molecule has 3 rings (SSSR count). The summed E-state index contributed by atoms with van der Waals surface area (Å²) in [5.74, 6) is 1.49. The Balaban J connectivity index is 2.09. The maximum Gasteiger partial charge on any atom is 0.181 e. The molecule has 0 saturated carbocycles. The highest BCUT2D eigenvalue weighted by molar-refractivity contribution is 7.13. The van der Waals surface area contributed by atoms with Crippen LogP contribution in [0.5, 0.6) is 0 Å². The van der Waals surface area contributed by atoms with Crippen LogP contribution in [0.15, 0.2) is 29.6 Å². The van der Waals surface area contributed by atoms with Gasteiger partial charge < -0.3 is 5.73 Å². The molecule has 2 heterocycles. The first-order valence-electron chi connectivity index (χ1n) is 5.98. The first-order chi connectivity index (χ1) is 9.15. The number of anilines is 1. The topological polar surface area (TPSA) is 67.6 Å². The molecular weight excluding hydrogens is 256 g/mol. The van der Waals surface area contributed by atoms with Crippen molar-refractivity contribution in [3.8, 4) is 22.1 Å². The van der Waals surface area contributed by atoms with E-state index >= 15 is 0 Å². The maximum atomic E-state index is 5.90. The smallest absolute Gasteiger partial charge is 0.181 e. The van der Waals surface area contributed by atoms with E-state index in [1.165, 1.54) is 0 Å². The van der Waals surface area contributed by atoms with Crippen LogP contribution in [0.2, 0.25) is 0 Å². The molecule has 0 atom stereocenters. The molecule has 0 amide bonds. The van der Waals surface area contributed by atoms with Crippen LogP contribution in [0, 0.1) is 13.8 Å². The highest BCUT2D eigenvalue weighted by Gasteiger charge is 2.12. The Bertz CT molecular complexity index is 713.